The van der Waals surface area contributed by atoms with Crippen molar-refractivity contribution in [3.05, 3.63) is 57.8 Å². The number of aromatic nitrogens is 1. The first-order valence-electron chi connectivity index (χ1n) is 16.9. The summed E-state index contributed by atoms with van der Waals surface area (Å²) in [5, 5.41) is 39.1. The molecule has 1 spiro atoms. The molecule has 45 heavy (non-hydrogen) atoms. The Kier molecular flexibility index (Phi) is 4.89. The number of hydrogen-bond donors (Lipinski definition) is 4. The molecule has 4 N–H and O–H groups in total. The number of ether oxygens (including phenoxy) is 3. The van der Waals surface area contributed by atoms with E-state index in [9.17, 15) is 15.3 Å². The summed E-state index contributed by atoms with van der Waals surface area (Å²) in [5.74, 6) is -0.0241. The lowest BCUT2D eigenvalue weighted by Crippen LogP contribution is -2.76. The van der Waals surface area contributed by atoms with E-state index < -0.39 is 51.5 Å². The maximum Gasteiger partial charge on any atom is 0.153 e. The van der Waals surface area contributed by atoms with Gasteiger partial charge in [0, 0.05) is 55.8 Å². The van der Waals surface area contributed by atoms with Crippen molar-refractivity contribution in [1.29, 1.82) is 0 Å². The van der Waals surface area contributed by atoms with E-state index in [-0.39, 0.29) is 30.0 Å². The normalized spacial score (nSPS) is 52.5. The van der Waals surface area contributed by atoms with Crippen molar-refractivity contribution in [3.63, 3.8) is 0 Å². The van der Waals surface area contributed by atoms with Crippen LogP contribution in [0.1, 0.15) is 95.2 Å². The Morgan fingerprint density at radius 2 is 1.87 bits per heavy atom. The van der Waals surface area contributed by atoms with Gasteiger partial charge in [0.2, 0.25) is 0 Å². The highest BCUT2D eigenvalue weighted by Crippen LogP contribution is 2.78. The molecule has 0 radical (unpaired) electrons. The van der Waals surface area contributed by atoms with Gasteiger partial charge in [-0.05, 0) is 82.1 Å². The van der Waals surface area contributed by atoms with Crippen molar-refractivity contribution in [2.75, 3.05) is 0 Å². The summed E-state index contributed by atoms with van der Waals surface area (Å²) in [6.07, 6.45) is 1.83. The minimum Gasteiger partial charge on any atom is -0.387 e. The van der Waals surface area contributed by atoms with Gasteiger partial charge in [-0.3, -0.25) is 0 Å². The van der Waals surface area contributed by atoms with E-state index in [2.05, 4.69) is 45.8 Å². The molecule has 5 fully saturated rings. The van der Waals surface area contributed by atoms with Crippen molar-refractivity contribution in [1.82, 2.24) is 4.98 Å². The zero-order valence-corrected chi connectivity index (χ0v) is 27.6. The maximum absolute atomic E-state index is 13.2. The molecule has 0 amide bonds. The number of halogens is 1. The number of H-pyrrole nitrogens is 1. The van der Waals surface area contributed by atoms with Gasteiger partial charge in [-0.15, -0.1) is 0 Å². The summed E-state index contributed by atoms with van der Waals surface area (Å²) >= 11 is 7.06. The monoisotopic (exact) mass is 633 g/mol. The van der Waals surface area contributed by atoms with Crippen LogP contribution in [0, 0.1) is 23.2 Å². The molecule has 10 rings (SSSR count). The van der Waals surface area contributed by atoms with E-state index in [0.29, 0.717) is 24.3 Å². The van der Waals surface area contributed by atoms with E-state index in [4.69, 9.17) is 25.8 Å². The molecule has 3 aliphatic heterocycles. The third kappa shape index (κ3) is 2.64. The summed E-state index contributed by atoms with van der Waals surface area (Å²) in [4.78, 5) is 3.87. The smallest absolute Gasteiger partial charge is 0.153 e. The lowest BCUT2D eigenvalue weighted by Gasteiger charge is -2.66. The van der Waals surface area contributed by atoms with E-state index in [1.807, 2.05) is 13.0 Å². The lowest BCUT2D eigenvalue weighted by atomic mass is 9.40. The highest BCUT2D eigenvalue weighted by molar-refractivity contribution is 6.32. The van der Waals surface area contributed by atoms with Crippen molar-refractivity contribution in [2.24, 2.45) is 23.2 Å². The number of epoxide rings is 1. The molecule has 2 aromatic rings. The van der Waals surface area contributed by atoms with Crippen molar-refractivity contribution < 1.29 is 29.5 Å². The topological polar surface area (TPSA) is 107 Å². The molecule has 7 nitrogen and oxygen atoms in total. The number of nitrogens with one attached hydrogen (secondary N) is 1. The quantitative estimate of drug-likeness (QED) is 0.238. The second-order valence-electron chi connectivity index (χ2n) is 17.0. The molecule has 5 aliphatic carbocycles. The van der Waals surface area contributed by atoms with Crippen LogP contribution in [0.5, 0.6) is 0 Å². The van der Waals surface area contributed by atoms with Gasteiger partial charge in [-0.1, -0.05) is 44.2 Å². The Morgan fingerprint density at radius 1 is 1.11 bits per heavy atom. The second kappa shape index (κ2) is 7.78. The Balaban J connectivity index is 1.21. The predicted molar refractivity (Wildman–Crippen MR) is 169 cm³/mol. The van der Waals surface area contributed by atoms with Gasteiger partial charge in [0.15, 0.2) is 5.60 Å². The van der Waals surface area contributed by atoms with Gasteiger partial charge < -0.3 is 34.5 Å². The average molecular weight is 634 g/mol. The highest BCUT2D eigenvalue weighted by atomic mass is 35.5. The molecular weight excluding hydrogens is 590 g/mol. The van der Waals surface area contributed by atoms with E-state index in [1.54, 1.807) is 0 Å². The number of benzene rings is 1. The summed E-state index contributed by atoms with van der Waals surface area (Å²) < 4.78 is 20.4. The molecule has 8 heteroatoms. The van der Waals surface area contributed by atoms with Gasteiger partial charge in [-0.2, -0.15) is 0 Å². The summed E-state index contributed by atoms with van der Waals surface area (Å²) in [6, 6.07) is 2.02. The summed E-state index contributed by atoms with van der Waals surface area (Å²) in [6.45, 7) is 19.2. The van der Waals surface area contributed by atoms with Crippen molar-refractivity contribution >= 4 is 22.5 Å². The second-order valence-corrected chi connectivity index (χ2v) is 17.4. The molecule has 4 heterocycles. The fraction of sp³-hybridized carbons (Fsp3) is 0.676. The van der Waals surface area contributed by atoms with Crippen LogP contribution in [0.25, 0.3) is 10.9 Å². The van der Waals surface area contributed by atoms with Crippen LogP contribution >= 0.6 is 11.6 Å². The fourth-order valence-electron chi connectivity index (χ4n) is 12.9. The van der Waals surface area contributed by atoms with Crippen LogP contribution in [0.3, 0.4) is 0 Å². The fourth-order valence-corrected chi connectivity index (χ4v) is 13.2. The summed E-state index contributed by atoms with van der Waals surface area (Å²) in [7, 11) is 0. The first-order valence-corrected chi connectivity index (χ1v) is 17.3. The zero-order chi connectivity index (χ0) is 31.6. The SMILES string of the molecule is C=C(C)[C@H]1O[C@H]2CC[C@@]3(C)[C@@](O)(CC[C@H]4[C@@H]5OC(C)(C)[C@H]6C[C@@H]7C(=C)Cc8c(Cl)cc9[nH]c(c5c9c8[C@@]76O)[C@@]43C)[C@@]23O[C@H]3[C@H]1O. The maximum atomic E-state index is 13.2. The van der Waals surface area contributed by atoms with Crippen LogP contribution < -0.4 is 0 Å². The van der Waals surface area contributed by atoms with Crippen molar-refractivity contribution in [2.45, 2.75) is 131 Å². The Labute approximate surface area is 269 Å². The Hall–Kier alpha value is -1.71. The molecule has 240 valence electrons. The molecule has 1 aromatic carbocycles. The highest BCUT2D eigenvalue weighted by Gasteiger charge is 2.87. The molecule has 0 unspecified atom stereocenters. The average Bonchev–Trinajstić information content (AvgIpc) is 3.55. The molecular formula is C37H44ClNO6. The van der Waals surface area contributed by atoms with Crippen LogP contribution in [0.15, 0.2) is 30.4 Å². The molecule has 8 aliphatic rings. The largest absolute Gasteiger partial charge is 0.387 e. The first kappa shape index (κ1) is 28.3. The van der Waals surface area contributed by atoms with Crippen LogP contribution in [-0.2, 0) is 31.6 Å². The first-order chi connectivity index (χ1) is 21.1. The zero-order valence-electron chi connectivity index (χ0n) is 26.8. The number of fused-ring (bicyclic) bond motifs is 5. The third-order valence-corrected chi connectivity index (χ3v) is 15.5. The molecule has 13 atom stereocenters. The molecule has 2 saturated heterocycles. The molecule has 0 bridgehead atoms. The van der Waals surface area contributed by atoms with Gasteiger partial charge in [-0.25, -0.2) is 0 Å². The predicted octanol–water partition coefficient (Wildman–Crippen LogP) is 5.66. The standard InChI is InChI=1S/C37H44ClNO6/c1-15(2)28-27(40)31-37(45-31)23(43-28)9-10-33(6)34(7)18(8-11-35(33,37)41)29-25-24-21(39-30(25)34)14-20(38)17-12-16(3)19-13-22(32(4,5)44-29)36(19,42)26(17)24/h14,18-19,22-23,27-29,31,39-42H,1,3,8-13H2,2,4-7H3/t18-,19+,22+,23-,27-,28+,29-,31-,33+,34+,35-,36+,37+/m0/s1. The number of aromatic amines is 1. The van der Waals surface area contributed by atoms with Gasteiger partial charge >= 0.3 is 0 Å². The molecule has 3 saturated carbocycles. The Bertz CT molecular complexity index is 1800. The summed E-state index contributed by atoms with van der Waals surface area (Å²) in [5.41, 5.74) is 1.86. The lowest BCUT2D eigenvalue weighted by molar-refractivity contribution is -0.281. The minimum absolute atomic E-state index is 0.0254. The van der Waals surface area contributed by atoms with Crippen LogP contribution in [-0.4, -0.2) is 61.5 Å². The van der Waals surface area contributed by atoms with E-state index in [1.165, 1.54) is 0 Å². The minimum atomic E-state index is -1.24. The molecule has 1 aromatic heterocycles. The Morgan fingerprint density at radius 3 is 2.60 bits per heavy atom. The van der Waals surface area contributed by atoms with Crippen LogP contribution in [0.2, 0.25) is 5.02 Å². The van der Waals surface area contributed by atoms with Crippen LogP contribution in [0.4, 0.5) is 0 Å². The van der Waals surface area contributed by atoms with Crippen molar-refractivity contribution in [3.8, 4) is 0 Å². The van der Waals surface area contributed by atoms with Gasteiger partial charge in [0.1, 0.15) is 29.5 Å². The number of rotatable bonds is 1. The van der Waals surface area contributed by atoms with Gasteiger partial charge in [0.05, 0.1) is 17.8 Å². The number of aliphatic hydroxyl groups is 3. The number of hydrogen-bond acceptors (Lipinski definition) is 6. The van der Waals surface area contributed by atoms with Gasteiger partial charge in [0.25, 0.3) is 0 Å². The van der Waals surface area contributed by atoms with E-state index in [0.717, 1.165) is 63.7 Å². The third-order valence-electron chi connectivity index (χ3n) is 15.2. The number of aliphatic hydroxyl groups excluding tert-OH is 1. The van der Waals surface area contributed by atoms with E-state index >= 15 is 0 Å².